The Bertz CT molecular complexity index is 927. The molecule has 0 bridgehead atoms. The summed E-state index contributed by atoms with van der Waals surface area (Å²) < 4.78 is 15.5. The molecule has 0 saturated carbocycles. The number of aliphatic imine (C=N–C) groups is 1. The highest BCUT2D eigenvalue weighted by Gasteiger charge is 2.29. The van der Waals surface area contributed by atoms with Crippen molar-refractivity contribution in [3.05, 3.63) is 42.5 Å². The quantitative estimate of drug-likeness (QED) is 0.658. The summed E-state index contributed by atoms with van der Waals surface area (Å²) in [6.45, 7) is 0. The van der Waals surface area contributed by atoms with Crippen LogP contribution in [0.4, 0.5) is 11.4 Å². The average molecular weight is 398 g/mol. The number of ether oxygens (including phenoxy) is 3. The molecule has 152 valence electrons. The number of anilines is 2. The van der Waals surface area contributed by atoms with Crippen LogP contribution in [0.1, 0.15) is 6.42 Å². The van der Waals surface area contributed by atoms with Crippen molar-refractivity contribution in [1.82, 2.24) is 5.32 Å². The molecule has 9 heteroatoms. The van der Waals surface area contributed by atoms with Gasteiger partial charge in [0.15, 0.2) is 0 Å². The predicted molar refractivity (Wildman–Crippen MR) is 109 cm³/mol. The molecule has 2 aromatic rings. The third-order valence-electron chi connectivity index (χ3n) is 4.24. The van der Waals surface area contributed by atoms with Crippen molar-refractivity contribution < 1.29 is 23.8 Å². The second-order valence-corrected chi connectivity index (χ2v) is 6.15. The van der Waals surface area contributed by atoms with Gasteiger partial charge < -0.3 is 24.8 Å². The van der Waals surface area contributed by atoms with Crippen LogP contribution in [0.5, 0.6) is 17.2 Å². The first kappa shape index (κ1) is 20.0. The first-order valence-corrected chi connectivity index (χ1v) is 8.84. The van der Waals surface area contributed by atoms with Crippen molar-refractivity contribution in [3.8, 4) is 17.2 Å². The van der Waals surface area contributed by atoms with Gasteiger partial charge in [0.25, 0.3) is 5.91 Å². The smallest absolute Gasteiger partial charge is 0.252 e. The Labute approximate surface area is 168 Å². The number of hydrogen-bond acceptors (Lipinski definition) is 7. The zero-order valence-electron chi connectivity index (χ0n) is 16.3. The number of carbonyl (C=O) groups excluding carboxylic acids is 2. The molecule has 0 spiro atoms. The van der Waals surface area contributed by atoms with Gasteiger partial charge in [0.1, 0.15) is 23.3 Å². The van der Waals surface area contributed by atoms with Crippen LogP contribution in [0.2, 0.25) is 0 Å². The van der Waals surface area contributed by atoms with Crippen LogP contribution in [0.15, 0.2) is 47.5 Å². The number of carbonyl (C=O) groups is 2. The molecule has 0 fully saturated rings. The van der Waals surface area contributed by atoms with Crippen molar-refractivity contribution in [3.63, 3.8) is 0 Å². The lowest BCUT2D eigenvalue weighted by Gasteiger charge is -2.12. The second kappa shape index (κ2) is 8.96. The molecule has 9 nitrogen and oxygen atoms in total. The molecule has 0 aromatic heterocycles. The van der Waals surface area contributed by atoms with Crippen LogP contribution in [-0.4, -0.2) is 45.1 Å². The Morgan fingerprint density at radius 1 is 1.03 bits per heavy atom. The van der Waals surface area contributed by atoms with E-state index >= 15 is 0 Å². The number of methoxy groups -OCH3 is 3. The molecule has 0 radical (unpaired) electrons. The third kappa shape index (κ3) is 4.95. The summed E-state index contributed by atoms with van der Waals surface area (Å²) >= 11 is 0. The van der Waals surface area contributed by atoms with Crippen LogP contribution < -0.4 is 30.2 Å². The number of amides is 2. The van der Waals surface area contributed by atoms with E-state index in [0.717, 1.165) is 11.4 Å². The van der Waals surface area contributed by atoms with Gasteiger partial charge in [-0.2, -0.15) is 0 Å². The lowest BCUT2D eigenvalue weighted by Crippen LogP contribution is -2.33. The average Bonchev–Trinajstić information content (AvgIpc) is 3.06. The normalized spacial score (nSPS) is 15.2. The Morgan fingerprint density at radius 3 is 2.38 bits per heavy atom. The summed E-state index contributed by atoms with van der Waals surface area (Å²) in [5.74, 6) is 1.34. The fourth-order valence-corrected chi connectivity index (χ4v) is 2.75. The molecule has 2 amide bonds. The van der Waals surface area contributed by atoms with E-state index in [1.165, 1.54) is 14.2 Å². The molecule has 1 heterocycles. The predicted octanol–water partition coefficient (Wildman–Crippen LogP) is 2.01. The molecule has 3 rings (SSSR count). The Balaban J connectivity index is 1.63. The van der Waals surface area contributed by atoms with Gasteiger partial charge in [-0.05, 0) is 36.4 Å². The molecular formula is C20H22N4O5. The van der Waals surface area contributed by atoms with Crippen LogP contribution in [-0.2, 0) is 9.59 Å². The van der Waals surface area contributed by atoms with Gasteiger partial charge in [-0.25, -0.2) is 4.99 Å². The summed E-state index contributed by atoms with van der Waals surface area (Å²) in [5, 5.41) is 8.37. The van der Waals surface area contributed by atoms with E-state index in [0.29, 0.717) is 17.2 Å². The fraction of sp³-hybridized carbons (Fsp3) is 0.250. The maximum atomic E-state index is 12.4. The minimum Gasteiger partial charge on any atom is -0.497 e. The van der Waals surface area contributed by atoms with Crippen molar-refractivity contribution in [2.45, 2.75) is 12.5 Å². The first-order chi connectivity index (χ1) is 14.0. The standard InChI is InChI=1S/C20H22N4O5/c1-27-13-6-4-12(5-7-13)21-20-23-16(19(26)24-20)11-18(25)22-15-10-14(28-2)8-9-17(15)29-3/h4-10,16H,11H2,1-3H3,(H,22,25)(H2,21,23,24,26). The molecule has 2 aromatic carbocycles. The van der Waals surface area contributed by atoms with Crippen LogP contribution in [0.3, 0.4) is 0 Å². The first-order valence-electron chi connectivity index (χ1n) is 8.84. The van der Waals surface area contributed by atoms with Gasteiger partial charge in [0, 0.05) is 11.8 Å². The van der Waals surface area contributed by atoms with Gasteiger partial charge in [0.05, 0.1) is 33.4 Å². The van der Waals surface area contributed by atoms with Gasteiger partial charge in [-0.3, -0.25) is 14.9 Å². The lowest BCUT2D eigenvalue weighted by atomic mass is 10.2. The lowest BCUT2D eigenvalue weighted by molar-refractivity contribution is -0.123. The fourth-order valence-electron chi connectivity index (χ4n) is 2.75. The topological polar surface area (TPSA) is 110 Å². The summed E-state index contributed by atoms with van der Waals surface area (Å²) in [7, 11) is 4.62. The Hall–Kier alpha value is -3.75. The zero-order valence-corrected chi connectivity index (χ0v) is 16.3. The molecule has 0 aliphatic carbocycles. The van der Waals surface area contributed by atoms with Crippen LogP contribution in [0, 0.1) is 0 Å². The minimum absolute atomic E-state index is 0.111. The maximum Gasteiger partial charge on any atom is 0.252 e. The van der Waals surface area contributed by atoms with Gasteiger partial charge in [0.2, 0.25) is 11.9 Å². The third-order valence-corrected chi connectivity index (χ3v) is 4.24. The summed E-state index contributed by atoms with van der Waals surface area (Å²) in [4.78, 5) is 28.9. The highest BCUT2D eigenvalue weighted by atomic mass is 16.5. The minimum atomic E-state index is -0.827. The summed E-state index contributed by atoms with van der Waals surface area (Å²) in [6, 6.07) is 11.4. The largest absolute Gasteiger partial charge is 0.497 e. The molecule has 3 N–H and O–H groups in total. The number of rotatable bonds is 7. The van der Waals surface area contributed by atoms with Gasteiger partial charge in [-0.1, -0.05) is 0 Å². The van der Waals surface area contributed by atoms with Crippen LogP contribution in [0.25, 0.3) is 0 Å². The second-order valence-electron chi connectivity index (χ2n) is 6.15. The SMILES string of the molecule is COc1ccc(NC2=NC(CC(=O)Nc3cc(OC)ccc3OC)C(=O)N2)cc1. The number of nitrogens with one attached hydrogen (secondary N) is 3. The zero-order chi connectivity index (χ0) is 20.8. The number of hydrogen-bond donors (Lipinski definition) is 3. The number of guanidine groups is 1. The molecule has 1 aliphatic rings. The van der Waals surface area contributed by atoms with E-state index in [9.17, 15) is 9.59 Å². The molecule has 29 heavy (non-hydrogen) atoms. The van der Waals surface area contributed by atoms with E-state index in [4.69, 9.17) is 14.2 Å². The van der Waals surface area contributed by atoms with E-state index in [-0.39, 0.29) is 24.2 Å². The molecule has 0 saturated heterocycles. The number of benzene rings is 2. The molecule has 1 unspecified atom stereocenters. The highest BCUT2D eigenvalue weighted by molar-refractivity contribution is 6.11. The van der Waals surface area contributed by atoms with Crippen molar-refractivity contribution >= 4 is 29.1 Å². The van der Waals surface area contributed by atoms with Gasteiger partial charge in [-0.15, -0.1) is 0 Å². The van der Waals surface area contributed by atoms with E-state index in [1.807, 2.05) is 0 Å². The van der Waals surface area contributed by atoms with E-state index in [1.54, 1.807) is 49.6 Å². The monoisotopic (exact) mass is 398 g/mol. The van der Waals surface area contributed by atoms with Crippen molar-refractivity contribution in [1.29, 1.82) is 0 Å². The van der Waals surface area contributed by atoms with Crippen LogP contribution >= 0.6 is 0 Å². The van der Waals surface area contributed by atoms with Crippen molar-refractivity contribution in [2.75, 3.05) is 32.0 Å². The van der Waals surface area contributed by atoms with Gasteiger partial charge >= 0.3 is 0 Å². The summed E-state index contributed by atoms with van der Waals surface area (Å²) in [5.41, 5.74) is 1.19. The molecule has 1 atom stereocenters. The Kier molecular flexibility index (Phi) is 6.18. The van der Waals surface area contributed by atoms with Crippen molar-refractivity contribution in [2.24, 2.45) is 4.99 Å². The Morgan fingerprint density at radius 2 is 1.72 bits per heavy atom. The highest BCUT2D eigenvalue weighted by Crippen LogP contribution is 2.29. The molecular weight excluding hydrogens is 376 g/mol. The van der Waals surface area contributed by atoms with E-state index in [2.05, 4.69) is 20.9 Å². The van der Waals surface area contributed by atoms with E-state index < -0.39 is 6.04 Å². The molecule has 1 aliphatic heterocycles. The maximum absolute atomic E-state index is 12.4. The number of nitrogens with zero attached hydrogens (tertiary/aromatic N) is 1. The summed E-state index contributed by atoms with van der Waals surface area (Å²) in [6.07, 6.45) is -0.111.